The van der Waals surface area contributed by atoms with E-state index in [0.29, 0.717) is 0 Å². The Balaban J connectivity index is 2.87. The minimum absolute atomic E-state index is 0.864. The normalized spacial score (nSPS) is 11.2. The van der Waals surface area contributed by atoms with Crippen LogP contribution >= 0.6 is 0 Å². The zero-order valence-corrected chi connectivity index (χ0v) is 10.8. The van der Waals surface area contributed by atoms with Crippen molar-refractivity contribution in [1.29, 1.82) is 0 Å². The van der Waals surface area contributed by atoms with E-state index in [-0.39, 0.29) is 0 Å². The Kier molecular flexibility index (Phi) is 11.9. The molecule has 0 fully saturated rings. The highest BCUT2D eigenvalue weighted by atomic mass is 16.5. The van der Waals surface area contributed by atoms with E-state index in [0.717, 1.165) is 32.1 Å². The van der Waals surface area contributed by atoms with Gasteiger partial charge in [0.05, 0.1) is 0 Å². The van der Waals surface area contributed by atoms with E-state index >= 15 is 0 Å². The van der Waals surface area contributed by atoms with E-state index in [2.05, 4.69) is 19.2 Å². The summed E-state index contributed by atoms with van der Waals surface area (Å²) >= 11 is 0. The van der Waals surface area contributed by atoms with Crippen molar-refractivity contribution in [2.45, 2.75) is 52.4 Å². The van der Waals surface area contributed by atoms with Gasteiger partial charge in [0.15, 0.2) is 0 Å². The van der Waals surface area contributed by atoms with Gasteiger partial charge in [-0.2, -0.15) is 0 Å². The van der Waals surface area contributed by atoms with Crippen LogP contribution in [0.3, 0.4) is 0 Å². The van der Waals surface area contributed by atoms with Crippen molar-refractivity contribution in [1.82, 2.24) is 5.32 Å². The summed E-state index contributed by atoms with van der Waals surface area (Å²) in [6, 6.07) is 0. The van der Waals surface area contributed by atoms with E-state index < -0.39 is 0 Å². The van der Waals surface area contributed by atoms with Gasteiger partial charge in [-0.05, 0) is 32.4 Å². The highest BCUT2D eigenvalue weighted by molar-refractivity contribution is 4.48. The maximum absolute atomic E-state index is 5.52. The Labute approximate surface area is 95.8 Å². The number of hydrogen-bond donors (Lipinski definition) is 1. The first-order chi connectivity index (χ1) is 7.27. The molecule has 0 aliphatic rings. The smallest absolute Gasteiger partial charge is 0.0478 e. The predicted molar refractivity (Wildman–Crippen MR) is 67.3 cm³/mol. The first-order valence-corrected chi connectivity index (χ1v) is 6.49. The van der Waals surface area contributed by atoms with Gasteiger partial charge in [-0.3, -0.25) is 0 Å². The minimum Gasteiger partial charge on any atom is -0.381 e. The molecule has 0 atom stereocenters. The average Bonchev–Trinajstić information content (AvgIpc) is 2.20. The molecule has 92 valence electrons. The number of rotatable bonds is 11. The highest BCUT2D eigenvalue weighted by Gasteiger charge is 1.94. The van der Waals surface area contributed by atoms with Gasteiger partial charge >= 0.3 is 0 Å². The number of hydrogen-bond acceptors (Lipinski definition) is 2. The first-order valence-electron chi connectivity index (χ1n) is 6.49. The van der Waals surface area contributed by atoms with Gasteiger partial charge in [0, 0.05) is 13.2 Å². The van der Waals surface area contributed by atoms with E-state index in [9.17, 15) is 0 Å². The average molecular weight is 215 g/mol. The van der Waals surface area contributed by atoms with Crippen molar-refractivity contribution in [3.8, 4) is 0 Å². The maximum Gasteiger partial charge on any atom is 0.0478 e. The fourth-order valence-electron chi connectivity index (χ4n) is 1.56. The minimum atomic E-state index is 0.864. The summed E-state index contributed by atoms with van der Waals surface area (Å²) in [6.45, 7) is 7.52. The van der Waals surface area contributed by atoms with Crippen LogP contribution in [0.25, 0.3) is 0 Å². The molecule has 0 aromatic carbocycles. The Hall–Kier alpha value is -0.0800. The molecule has 0 amide bonds. The number of nitrogens with one attached hydrogen (secondary N) is 1. The second kappa shape index (κ2) is 12.0. The standard InChI is InChI=1S/C13H29NO/c1-13(2)9-6-4-5-7-11-15-12-8-10-14-3/h13-14H,4-12H2,1-3H3. The molecule has 15 heavy (non-hydrogen) atoms. The summed E-state index contributed by atoms with van der Waals surface area (Å²) in [5.74, 6) is 0.864. The molecule has 2 nitrogen and oxygen atoms in total. The Bertz CT molecular complexity index is 115. The van der Waals surface area contributed by atoms with Crippen LogP contribution in [0.15, 0.2) is 0 Å². The molecule has 0 saturated heterocycles. The lowest BCUT2D eigenvalue weighted by Gasteiger charge is -2.05. The van der Waals surface area contributed by atoms with E-state index in [1.54, 1.807) is 0 Å². The molecule has 0 aliphatic heterocycles. The lowest BCUT2D eigenvalue weighted by Crippen LogP contribution is -2.10. The molecule has 0 unspecified atom stereocenters. The lowest BCUT2D eigenvalue weighted by atomic mass is 10.0. The molecule has 0 rings (SSSR count). The van der Waals surface area contributed by atoms with Crippen LogP contribution in [0.5, 0.6) is 0 Å². The van der Waals surface area contributed by atoms with Gasteiger partial charge in [0.1, 0.15) is 0 Å². The van der Waals surface area contributed by atoms with Gasteiger partial charge < -0.3 is 10.1 Å². The van der Waals surface area contributed by atoms with E-state index in [1.165, 1.54) is 32.1 Å². The summed E-state index contributed by atoms with van der Waals surface area (Å²) in [5, 5.41) is 3.12. The molecule has 0 saturated carbocycles. The summed E-state index contributed by atoms with van der Waals surface area (Å²) in [5.41, 5.74) is 0. The molecular weight excluding hydrogens is 186 g/mol. The third kappa shape index (κ3) is 13.9. The Morgan fingerprint density at radius 3 is 2.27 bits per heavy atom. The summed E-state index contributed by atoms with van der Waals surface area (Å²) in [4.78, 5) is 0. The van der Waals surface area contributed by atoms with Crippen LogP contribution in [-0.2, 0) is 4.74 Å². The van der Waals surface area contributed by atoms with Gasteiger partial charge in [-0.25, -0.2) is 0 Å². The quantitative estimate of drug-likeness (QED) is 0.534. The third-order valence-corrected chi connectivity index (χ3v) is 2.54. The van der Waals surface area contributed by atoms with Crippen LogP contribution in [-0.4, -0.2) is 26.8 Å². The zero-order valence-electron chi connectivity index (χ0n) is 10.8. The number of ether oxygens (including phenoxy) is 1. The highest BCUT2D eigenvalue weighted by Crippen LogP contribution is 2.09. The topological polar surface area (TPSA) is 21.3 Å². The van der Waals surface area contributed by atoms with E-state index in [4.69, 9.17) is 4.74 Å². The zero-order chi connectivity index (χ0) is 11.4. The van der Waals surface area contributed by atoms with E-state index in [1.807, 2.05) is 7.05 Å². The second-order valence-corrected chi connectivity index (χ2v) is 4.67. The van der Waals surface area contributed by atoms with Gasteiger partial charge in [-0.1, -0.05) is 39.5 Å². The van der Waals surface area contributed by atoms with Gasteiger partial charge in [0.25, 0.3) is 0 Å². The van der Waals surface area contributed by atoms with Gasteiger partial charge in [-0.15, -0.1) is 0 Å². The SMILES string of the molecule is CNCCCOCCCCCCC(C)C. The van der Waals surface area contributed by atoms with Crippen molar-refractivity contribution in [2.75, 3.05) is 26.8 Å². The molecular formula is C13H29NO. The van der Waals surface area contributed by atoms with Crippen molar-refractivity contribution in [3.63, 3.8) is 0 Å². The van der Waals surface area contributed by atoms with Crippen LogP contribution in [0.4, 0.5) is 0 Å². The molecule has 0 aromatic heterocycles. The van der Waals surface area contributed by atoms with Crippen LogP contribution in [0.1, 0.15) is 52.4 Å². The van der Waals surface area contributed by atoms with Gasteiger partial charge in [0.2, 0.25) is 0 Å². The number of unbranched alkanes of at least 4 members (excludes halogenated alkanes) is 3. The summed E-state index contributed by atoms with van der Waals surface area (Å²) in [7, 11) is 1.98. The van der Waals surface area contributed by atoms with Crippen LogP contribution in [0.2, 0.25) is 0 Å². The summed E-state index contributed by atoms with van der Waals surface area (Å²) in [6.07, 6.45) is 7.83. The predicted octanol–water partition coefficient (Wildman–Crippen LogP) is 3.22. The monoisotopic (exact) mass is 215 g/mol. The molecule has 1 N–H and O–H groups in total. The second-order valence-electron chi connectivity index (χ2n) is 4.67. The molecule has 0 radical (unpaired) electrons. The third-order valence-electron chi connectivity index (χ3n) is 2.54. The van der Waals surface area contributed by atoms with Crippen LogP contribution < -0.4 is 5.32 Å². The molecule has 0 heterocycles. The summed E-state index contributed by atoms with van der Waals surface area (Å²) < 4.78 is 5.52. The lowest BCUT2D eigenvalue weighted by molar-refractivity contribution is 0.127. The first kappa shape index (κ1) is 14.9. The molecule has 0 spiro atoms. The molecule has 2 heteroatoms. The fraction of sp³-hybridized carbons (Fsp3) is 1.00. The Morgan fingerprint density at radius 1 is 0.933 bits per heavy atom. The van der Waals surface area contributed by atoms with Crippen molar-refractivity contribution >= 4 is 0 Å². The largest absolute Gasteiger partial charge is 0.381 e. The molecule has 0 aromatic rings. The molecule has 0 bridgehead atoms. The van der Waals surface area contributed by atoms with Crippen molar-refractivity contribution in [2.24, 2.45) is 5.92 Å². The fourth-order valence-corrected chi connectivity index (χ4v) is 1.56. The van der Waals surface area contributed by atoms with Crippen LogP contribution in [0, 0.1) is 5.92 Å². The Morgan fingerprint density at radius 2 is 1.60 bits per heavy atom. The van der Waals surface area contributed by atoms with Crippen molar-refractivity contribution in [3.05, 3.63) is 0 Å². The molecule has 0 aliphatic carbocycles. The maximum atomic E-state index is 5.52. The van der Waals surface area contributed by atoms with Crippen molar-refractivity contribution < 1.29 is 4.74 Å².